The average molecular weight is 474 g/mol. The van der Waals surface area contributed by atoms with Gasteiger partial charge in [-0.3, -0.25) is 14.4 Å². The number of nitrogens with zero attached hydrogens (tertiary/aromatic N) is 1. The summed E-state index contributed by atoms with van der Waals surface area (Å²) in [4.78, 5) is 37.7. The molecule has 0 bridgehead atoms. The Morgan fingerprint density at radius 3 is 2.32 bits per heavy atom. The van der Waals surface area contributed by atoms with Gasteiger partial charge in [0.15, 0.2) is 5.76 Å². The summed E-state index contributed by atoms with van der Waals surface area (Å²) in [6, 6.07) is 12.2. The van der Waals surface area contributed by atoms with E-state index in [-0.39, 0.29) is 23.0 Å². The van der Waals surface area contributed by atoms with Crippen LogP contribution in [0, 0.1) is 0 Å². The number of carbonyl (C=O) groups excluding carboxylic acids is 3. The summed E-state index contributed by atoms with van der Waals surface area (Å²) in [6.07, 6.45) is -3.48. The maximum absolute atomic E-state index is 13.6. The number of benzene rings is 2. The zero-order valence-corrected chi connectivity index (χ0v) is 18.2. The van der Waals surface area contributed by atoms with Crippen LogP contribution in [0.5, 0.6) is 0 Å². The normalized spacial score (nSPS) is 11.0. The van der Waals surface area contributed by atoms with Gasteiger partial charge in [-0.25, -0.2) is 0 Å². The molecule has 0 aliphatic rings. The summed E-state index contributed by atoms with van der Waals surface area (Å²) in [5.74, 6) is -1.63. The second-order valence-electron chi connectivity index (χ2n) is 7.37. The van der Waals surface area contributed by atoms with Crippen molar-refractivity contribution < 1.29 is 32.0 Å². The first kappa shape index (κ1) is 24.4. The highest BCUT2D eigenvalue weighted by Crippen LogP contribution is 2.36. The molecular formula is C23H21F3N4O4. The van der Waals surface area contributed by atoms with Gasteiger partial charge < -0.3 is 25.3 Å². The number of amides is 3. The smallest absolute Gasteiger partial charge is 0.418 e. The quantitative estimate of drug-likeness (QED) is 0.474. The molecule has 3 amide bonds. The van der Waals surface area contributed by atoms with Gasteiger partial charge in [-0.15, -0.1) is 0 Å². The van der Waals surface area contributed by atoms with Gasteiger partial charge in [-0.2, -0.15) is 13.2 Å². The first-order valence-electron chi connectivity index (χ1n) is 9.96. The Morgan fingerprint density at radius 2 is 1.68 bits per heavy atom. The van der Waals surface area contributed by atoms with Crippen molar-refractivity contribution in [2.45, 2.75) is 6.18 Å². The number of carbonyl (C=O) groups is 3. The molecule has 0 radical (unpaired) electrons. The number of anilines is 3. The lowest BCUT2D eigenvalue weighted by molar-refractivity contribution is -0.137. The van der Waals surface area contributed by atoms with E-state index in [1.54, 1.807) is 32.3 Å². The van der Waals surface area contributed by atoms with E-state index in [4.69, 9.17) is 4.42 Å². The first-order chi connectivity index (χ1) is 16.0. The van der Waals surface area contributed by atoms with E-state index >= 15 is 0 Å². The van der Waals surface area contributed by atoms with Crippen LogP contribution < -0.4 is 16.0 Å². The van der Waals surface area contributed by atoms with Crippen LogP contribution in [-0.2, 0) is 11.0 Å². The first-order valence-corrected chi connectivity index (χ1v) is 9.96. The van der Waals surface area contributed by atoms with Crippen molar-refractivity contribution in [2.24, 2.45) is 0 Å². The minimum Gasteiger partial charge on any atom is -0.459 e. The highest BCUT2D eigenvalue weighted by atomic mass is 19.4. The Balaban J connectivity index is 1.69. The molecule has 1 aromatic heterocycles. The molecule has 34 heavy (non-hydrogen) atoms. The number of hydrogen-bond donors (Lipinski definition) is 3. The summed E-state index contributed by atoms with van der Waals surface area (Å²) in [5.41, 5.74) is -0.814. The van der Waals surface area contributed by atoms with E-state index in [0.717, 1.165) is 12.1 Å². The zero-order valence-electron chi connectivity index (χ0n) is 18.2. The summed E-state index contributed by atoms with van der Waals surface area (Å²) < 4.78 is 45.7. The minimum absolute atomic E-state index is 0.0521. The van der Waals surface area contributed by atoms with Gasteiger partial charge >= 0.3 is 6.18 Å². The molecule has 3 N–H and O–H groups in total. The lowest BCUT2D eigenvalue weighted by atomic mass is 10.1. The van der Waals surface area contributed by atoms with E-state index in [0.29, 0.717) is 11.3 Å². The third-order valence-corrected chi connectivity index (χ3v) is 4.57. The molecule has 0 saturated carbocycles. The standard InChI is InChI=1S/C23H21F3N4O4/c1-30(2)22(33)14-5-3-6-15(11-14)28-20(31)13-27-18-9-8-16(12-17(18)23(24,25)26)29-21(32)19-7-4-10-34-19/h3-12,27H,13H2,1-2H3,(H,28,31)(H,29,32). The van der Waals surface area contributed by atoms with E-state index in [9.17, 15) is 27.6 Å². The highest BCUT2D eigenvalue weighted by Gasteiger charge is 2.34. The van der Waals surface area contributed by atoms with Crippen LogP contribution in [-0.4, -0.2) is 43.3 Å². The van der Waals surface area contributed by atoms with Crippen LogP contribution >= 0.6 is 0 Å². The second kappa shape index (κ2) is 10.1. The predicted molar refractivity (Wildman–Crippen MR) is 120 cm³/mol. The Kier molecular flexibility index (Phi) is 7.24. The molecular weight excluding hydrogens is 453 g/mol. The molecule has 2 aromatic carbocycles. The van der Waals surface area contributed by atoms with Gasteiger partial charge in [0.05, 0.1) is 18.4 Å². The van der Waals surface area contributed by atoms with Crippen molar-refractivity contribution in [1.29, 1.82) is 0 Å². The summed E-state index contributed by atoms with van der Waals surface area (Å²) >= 11 is 0. The van der Waals surface area contributed by atoms with Crippen LogP contribution in [0.15, 0.2) is 65.3 Å². The number of halogens is 3. The molecule has 1 heterocycles. The topological polar surface area (TPSA) is 104 Å². The minimum atomic E-state index is -4.74. The van der Waals surface area contributed by atoms with E-state index in [1.165, 1.54) is 35.4 Å². The SMILES string of the molecule is CN(C)C(=O)c1cccc(NC(=O)CNc2ccc(NC(=O)c3ccco3)cc2C(F)(F)F)c1. The van der Waals surface area contributed by atoms with Crippen molar-refractivity contribution >= 4 is 34.8 Å². The molecule has 0 aliphatic heterocycles. The Morgan fingerprint density at radius 1 is 0.941 bits per heavy atom. The average Bonchev–Trinajstić information content (AvgIpc) is 3.32. The van der Waals surface area contributed by atoms with Crippen molar-refractivity contribution in [3.05, 3.63) is 77.7 Å². The number of hydrogen-bond acceptors (Lipinski definition) is 5. The third-order valence-electron chi connectivity index (χ3n) is 4.57. The molecule has 11 heteroatoms. The Labute approximate surface area is 192 Å². The fraction of sp³-hybridized carbons (Fsp3) is 0.174. The molecule has 0 fully saturated rings. The van der Waals surface area contributed by atoms with Gasteiger partial charge in [0, 0.05) is 36.7 Å². The van der Waals surface area contributed by atoms with E-state index in [1.807, 2.05) is 0 Å². The molecule has 0 aliphatic carbocycles. The molecule has 0 saturated heterocycles. The van der Waals surface area contributed by atoms with Crippen LogP contribution in [0.4, 0.5) is 30.2 Å². The fourth-order valence-corrected chi connectivity index (χ4v) is 2.98. The molecule has 8 nitrogen and oxygen atoms in total. The second-order valence-corrected chi connectivity index (χ2v) is 7.37. The monoisotopic (exact) mass is 474 g/mol. The third kappa shape index (κ3) is 6.15. The lowest BCUT2D eigenvalue weighted by Crippen LogP contribution is -2.24. The number of furan rings is 1. The van der Waals surface area contributed by atoms with Gasteiger partial charge in [0.2, 0.25) is 5.91 Å². The van der Waals surface area contributed by atoms with Crippen molar-refractivity contribution in [2.75, 3.05) is 36.6 Å². The molecule has 178 valence electrons. The van der Waals surface area contributed by atoms with Crippen molar-refractivity contribution in [3.63, 3.8) is 0 Å². The van der Waals surface area contributed by atoms with Crippen LogP contribution in [0.25, 0.3) is 0 Å². The Bertz CT molecular complexity index is 1190. The van der Waals surface area contributed by atoms with Gasteiger partial charge in [0.1, 0.15) is 0 Å². The summed E-state index contributed by atoms with van der Waals surface area (Å²) in [5, 5.41) is 7.34. The van der Waals surface area contributed by atoms with Gasteiger partial charge in [-0.05, 0) is 48.5 Å². The van der Waals surface area contributed by atoms with Gasteiger partial charge in [-0.1, -0.05) is 6.07 Å². The van der Waals surface area contributed by atoms with Crippen molar-refractivity contribution in [1.82, 2.24) is 4.90 Å². The summed E-state index contributed by atoms with van der Waals surface area (Å²) in [7, 11) is 3.17. The number of rotatable bonds is 7. The summed E-state index contributed by atoms with van der Waals surface area (Å²) in [6.45, 7) is -0.465. The lowest BCUT2D eigenvalue weighted by Gasteiger charge is -2.16. The van der Waals surface area contributed by atoms with E-state index in [2.05, 4.69) is 16.0 Å². The van der Waals surface area contributed by atoms with Crippen LogP contribution in [0.3, 0.4) is 0 Å². The number of nitrogens with one attached hydrogen (secondary N) is 3. The van der Waals surface area contributed by atoms with Crippen LogP contribution in [0.1, 0.15) is 26.5 Å². The zero-order chi connectivity index (χ0) is 24.9. The maximum atomic E-state index is 13.6. The Hall–Kier alpha value is -4.28. The number of alkyl halides is 3. The molecule has 0 atom stereocenters. The fourth-order valence-electron chi connectivity index (χ4n) is 2.98. The molecule has 3 rings (SSSR count). The largest absolute Gasteiger partial charge is 0.459 e. The molecule has 0 unspecified atom stereocenters. The predicted octanol–water partition coefficient (Wildman–Crippen LogP) is 4.30. The van der Waals surface area contributed by atoms with Crippen LogP contribution in [0.2, 0.25) is 0 Å². The molecule has 0 spiro atoms. The van der Waals surface area contributed by atoms with Crippen molar-refractivity contribution in [3.8, 4) is 0 Å². The molecule has 3 aromatic rings. The van der Waals surface area contributed by atoms with Gasteiger partial charge in [0.25, 0.3) is 11.8 Å². The van der Waals surface area contributed by atoms with E-state index < -0.39 is 30.1 Å². The highest BCUT2D eigenvalue weighted by molar-refractivity contribution is 6.02. The maximum Gasteiger partial charge on any atom is 0.418 e.